The minimum Gasteiger partial charge on any atom is -0.350 e. The number of benzene rings is 1. The van der Waals surface area contributed by atoms with Crippen molar-refractivity contribution in [2.24, 2.45) is 12.8 Å². The van der Waals surface area contributed by atoms with E-state index in [9.17, 15) is 0 Å². The third-order valence-corrected chi connectivity index (χ3v) is 2.75. The van der Waals surface area contributed by atoms with Gasteiger partial charge in [-0.15, -0.1) is 0 Å². The molecular weight excluding hydrogens is 186 g/mol. The van der Waals surface area contributed by atoms with E-state index in [1.165, 1.54) is 16.5 Å². The van der Waals surface area contributed by atoms with Crippen molar-refractivity contribution in [1.29, 1.82) is 0 Å². The van der Waals surface area contributed by atoms with E-state index < -0.39 is 0 Å². The third kappa shape index (κ3) is 1.76. The molecule has 0 fully saturated rings. The summed E-state index contributed by atoms with van der Waals surface area (Å²) in [7, 11) is 3.98. The first-order valence-corrected chi connectivity index (χ1v) is 5.18. The van der Waals surface area contributed by atoms with Gasteiger partial charge in [-0.3, -0.25) is 0 Å². The summed E-state index contributed by atoms with van der Waals surface area (Å²) in [6.45, 7) is 0.800. The fourth-order valence-electron chi connectivity index (χ4n) is 2.00. The summed E-state index contributed by atoms with van der Waals surface area (Å²) in [5.41, 5.74) is 8.55. The van der Waals surface area contributed by atoms with Gasteiger partial charge in [0.05, 0.1) is 0 Å². The summed E-state index contributed by atoms with van der Waals surface area (Å²) in [5.74, 6) is 0. The number of aryl methyl sites for hydroxylation is 1. The first-order valence-electron chi connectivity index (χ1n) is 5.18. The number of para-hydroxylation sites is 1. The molecule has 2 rings (SSSR count). The van der Waals surface area contributed by atoms with Gasteiger partial charge in [-0.25, -0.2) is 0 Å². The van der Waals surface area contributed by atoms with Crippen molar-refractivity contribution in [3.63, 3.8) is 0 Å². The molecule has 1 aromatic heterocycles. The van der Waals surface area contributed by atoms with E-state index in [4.69, 9.17) is 5.73 Å². The van der Waals surface area contributed by atoms with Gasteiger partial charge in [0.25, 0.3) is 0 Å². The smallest absolute Gasteiger partial charge is 0.0481 e. The molecule has 1 heterocycles. The molecule has 1 unspecified atom stereocenters. The maximum Gasteiger partial charge on any atom is 0.0481 e. The molecule has 0 aliphatic rings. The molecule has 0 amide bonds. The highest BCUT2D eigenvalue weighted by molar-refractivity contribution is 5.84. The number of hydrogen-bond acceptors (Lipinski definition) is 2. The Morgan fingerprint density at radius 1 is 1.40 bits per heavy atom. The summed E-state index contributed by atoms with van der Waals surface area (Å²) in [6, 6.07) is 8.40. The van der Waals surface area contributed by atoms with Crippen molar-refractivity contribution in [3.05, 3.63) is 36.0 Å². The van der Waals surface area contributed by atoms with Gasteiger partial charge in [-0.05, 0) is 18.7 Å². The second kappa shape index (κ2) is 4.04. The molecule has 3 nitrogen and oxygen atoms in total. The topological polar surface area (TPSA) is 43.0 Å². The molecule has 0 saturated heterocycles. The Hall–Kier alpha value is -1.32. The zero-order valence-corrected chi connectivity index (χ0v) is 9.20. The fraction of sp³-hybridized carbons (Fsp3) is 0.333. The Bertz CT molecular complexity index is 459. The van der Waals surface area contributed by atoms with Crippen LogP contribution in [0.4, 0.5) is 0 Å². The van der Waals surface area contributed by atoms with Gasteiger partial charge >= 0.3 is 0 Å². The van der Waals surface area contributed by atoms with Crippen LogP contribution >= 0.6 is 0 Å². The number of likely N-dealkylation sites (N-methyl/N-ethyl adjacent to an activating group) is 1. The molecule has 3 heteroatoms. The zero-order chi connectivity index (χ0) is 10.8. The Kier molecular flexibility index (Phi) is 2.75. The van der Waals surface area contributed by atoms with E-state index in [0.29, 0.717) is 0 Å². The number of hydrogen-bond donors (Lipinski definition) is 2. The SMILES string of the molecule is CNCC(N)c1cn(C)c2ccccc12. The van der Waals surface area contributed by atoms with Crippen molar-refractivity contribution in [3.8, 4) is 0 Å². The normalized spacial score (nSPS) is 13.3. The van der Waals surface area contributed by atoms with Gasteiger partial charge in [-0.2, -0.15) is 0 Å². The van der Waals surface area contributed by atoms with E-state index in [1.807, 2.05) is 7.05 Å². The standard InChI is InChI=1S/C12H17N3/c1-14-7-11(13)10-8-15(2)12-6-4-3-5-9(10)12/h3-6,8,11,14H,7,13H2,1-2H3. The van der Waals surface area contributed by atoms with Crippen LogP contribution in [0.1, 0.15) is 11.6 Å². The van der Waals surface area contributed by atoms with Gasteiger partial charge in [0, 0.05) is 36.7 Å². The number of nitrogens with zero attached hydrogens (tertiary/aromatic N) is 1. The molecule has 3 N–H and O–H groups in total. The van der Waals surface area contributed by atoms with Crippen LogP contribution in [0.15, 0.2) is 30.5 Å². The van der Waals surface area contributed by atoms with E-state index in [-0.39, 0.29) is 6.04 Å². The maximum absolute atomic E-state index is 6.11. The summed E-state index contributed by atoms with van der Waals surface area (Å²) in [4.78, 5) is 0. The van der Waals surface area contributed by atoms with Crippen molar-refractivity contribution >= 4 is 10.9 Å². The molecule has 80 valence electrons. The second-order valence-electron chi connectivity index (χ2n) is 3.88. The lowest BCUT2D eigenvalue weighted by Gasteiger charge is -2.09. The quantitative estimate of drug-likeness (QED) is 0.792. The molecule has 1 atom stereocenters. The van der Waals surface area contributed by atoms with Crippen LogP contribution in [0.5, 0.6) is 0 Å². The lowest BCUT2D eigenvalue weighted by molar-refractivity contribution is 0.655. The Morgan fingerprint density at radius 2 is 2.13 bits per heavy atom. The third-order valence-electron chi connectivity index (χ3n) is 2.75. The number of rotatable bonds is 3. The van der Waals surface area contributed by atoms with Gasteiger partial charge in [-0.1, -0.05) is 18.2 Å². The van der Waals surface area contributed by atoms with Crippen LogP contribution in [-0.2, 0) is 7.05 Å². The van der Waals surface area contributed by atoms with Gasteiger partial charge in [0.15, 0.2) is 0 Å². The summed E-state index contributed by atoms with van der Waals surface area (Å²) in [6.07, 6.45) is 2.12. The minimum absolute atomic E-state index is 0.0566. The van der Waals surface area contributed by atoms with Crippen LogP contribution in [0.3, 0.4) is 0 Å². The Balaban J connectivity index is 2.52. The first kappa shape index (κ1) is 10.2. The largest absolute Gasteiger partial charge is 0.350 e. The molecule has 15 heavy (non-hydrogen) atoms. The number of fused-ring (bicyclic) bond motifs is 1. The monoisotopic (exact) mass is 203 g/mol. The number of nitrogens with one attached hydrogen (secondary N) is 1. The van der Waals surface area contributed by atoms with Gasteiger partial charge < -0.3 is 15.6 Å². The van der Waals surface area contributed by atoms with Crippen molar-refractivity contribution in [2.75, 3.05) is 13.6 Å². The Labute approximate surface area is 89.9 Å². The van der Waals surface area contributed by atoms with Crippen LogP contribution in [0.25, 0.3) is 10.9 Å². The van der Waals surface area contributed by atoms with E-state index in [0.717, 1.165) is 6.54 Å². The summed E-state index contributed by atoms with van der Waals surface area (Å²) >= 11 is 0. The molecule has 0 saturated carbocycles. The highest BCUT2D eigenvalue weighted by Gasteiger charge is 2.11. The minimum atomic E-state index is 0.0566. The van der Waals surface area contributed by atoms with Gasteiger partial charge in [0.2, 0.25) is 0 Å². The highest BCUT2D eigenvalue weighted by Crippen LogP contribution is 2.24. The molecule has 0 radical (unpaired) electrons. The predicted octanol–water partition coefficient (Wildman–Crippen LogP) is 1.40. The lowest BCUT2D eigenvalue weighted by atomic mass is 10.1. The van der Waals surface area contributed by atoms with Crippen molar-refractivity contribution < 1.29 is 0 Å². The molecule has 1 aromatic carbocycles. The van der Waals surface area contributed by atoms with E-state index in [2.05, 4.69) is 47.4 Å². The lowest BCUT2D eigenvalue weighted by Crippen LogP contribution is -2.23. The van der Waals surface area contributed by atoms with Crippen LogP contribution in [-0.4, -0.2) is 18.2 Å². The summed E-state index contributed by atoms with van der Waals surface area (Å²) < 4.78 is 2.13. The van der Waals surface area contributed by atoms with Crippen molar-refractivity contribution in [2.45, 2.75) is 6.04 Å². The maximum atomic E-state index is 6.11. The number of nitrogens with two attached hydrogens (primary N) is 1. The zero-order valence-electron chi connectivity index (χ0n) is 9.20. The average Bonchev–Trinajstić information content (AvgIpc) is 2.58. The molecule has 0 aliphatic carbocycles. The van der Waals surface area contributed by atoms with Crippen LogP contribution < -0.4 is 11.1 Å². The van der Waals surface area contributed by atoms with Crippen LogP contribution in [0, 0.1) is 0 Å². The second-order valence-corrected chi connectivity index (χ2v) is 3.88. The highest BCUT2D eigenvalue weighted by atomic mass is 14.9. The Morgan fingerprint density at radius 3 is 2.87 bits per heavy atom. The molecule has 2 aromatic rings. The van der Waals surface area contributed by atoms with Gasteiger partial charge in [0.1, 0.15) is 0 Å². The van der Waals surface area contributed by atoms with E-state index in [1.54, 1.807) is 0 Å². The van der Waals surface area contributed by atoms with Crippen LogP contribution in [0.2, 0.25) is 0 Å². The first-order chi connectivity index (χ1) is 7.24. The number of aromatic nitrogens is 1. The molecule has 0 aliphatic heterocycles. The van der Waals surface area contributed by atoms with Crippen molar-refractivity contribution in [1.82, 2.24) is 9.88 Å². The molecule has 0 bridgehead atoms. The average molecular weight is 203 g/mol. The fourth-order valence-corrected chi connectivity index (χ4v) is 2.00. The van der Waals surface area contributed by atoms with E-state index >= 15 is 0 Å². The summed E-state index contributed by atoms with van der Waals surface area (Å²) in [5, 5.41) is 4.36. The molecule has 0 spiro atoms. The molecular formula is C12H17N3. The predicted molar refractivity (Wildman–Crippen MR) is 63.8 cm³/mol.